The van der Waals surface area contributed by atoms with Crippen LogP contribution in [0, 0.1) is 0 Å². The molecule has 1 aromatic heterocycles. The Balaban J connectivity index is 1.17. The molecule has 0 atom stereocenters. The largest absolute Gasteiger partial charge is 0.456 e. The molecule has 3 aliphatic rings. The van der Waals surface area contributed by atoms with Crippen LogP contribution in [0.15, 0.2) is 231 Å². The monoisotopic (exact) mass is 1130 g/mol. The molecular weight excluding hydrogens is 1050 g/mol. The van der Waals surface area contributed by atoms with Gasteiger partial charge < -0.3 is 19.1 Å². The average molecular weight is 1130 g/mol. The van der Waals surface area contributed by atoms with Gasteiger partial charge in [0.1, 0.15) is 11.5 Å². The summed E-state index contributed by atoms with van der Waals surface area (Å²) in [5.41, 5.74) is 27.6. The summed E-state index contributed by atoms with van der Waals surface area (Å²) in [7, 11) is 0. The summed E-state index contributed by atoms with van der Waals surface area (Å²) in [5.74, 6) is 1.66. The molecule has 0 saturated carbocycles. The van der Waals surface area contributed by atoms with Gasteiger partial charge in [0.05, 0.1) is 22.4 Å². The molecule has 15 rings (SSSR count). The van der Waals surface area contributed by atoms with E-state index in [1.807, 2.05) is 0 Å². The van der Waals surface area contributed by atoms with Gasteiger partial charge in [0.15, 0.2) is 0 Å². The maximum atomic E-state index is 7.35. The molecule has 0 radical (unpaired) electrons. The van der Waals surface area contributed by atoms with Gasteiger partial charge in [0.25, 0.3) is 6.71 Å². The topological polar surface area (TPSA) is 20.6 Å². The van der Waals surface area contributed by atoms with Crippen molar-refractivity contribution in [2.75, 3.05) is 9.80 Å². The normalized spacial score (nSPS) is 13.5. The third-order valence-electron chi connectivity index (χ3n) is 18.8. The summed E-state index contributed by atoms with van der Waals surface area (Å²) in [6, 6.07) is 87.5. The quantitative estimate of drug-likeness (QED) is 0.164. The second kappa shape index (κ2) is 19.6. The molecule has 4 heterocycles. The minimum atomic E-state index is -0.277. The Hall–Kier alpha value is -9.32. The van der Waals surface area contributed by atoms with Crippen LogP contribution in [0.25, 0.3) is 72.0 Å². The van der Waals surface area contributed by atoms with E-state index in [0.29, 0.717) is 0 Å². The second-order valence-corrected chi connectivity index (χ2v) is 28.6. The smallest absolute Gasteiger partial charge is 0.252 e. The number of hydrogen-bond acceptors (Lipinski definition) is 3. The van der Waals surface area contributed by atoms with Crippen molar-refractivity contribution >= 4 is 79.0 Å². The van der Waals surface area contributed by atoms with E-state index in [-0.39, 0.29) is 28.4 Å². The Morgan fingerprint density at radius 3 is 1.31 bits per heavy atom. The first-order valence-electron chi connectivity index (χ1n) is 31.1. The van der Waals surface area contributed by atoms with E-state index in [0.717, 1.165) is 56.5 Å². The number of aromatic nitrogens is 1. The highest BCUT2D eigenvalue weighted by Gasteiger charge is 2.47. The van der Waals surface area contributed by atoms with Crippen molar-refractivity contribution in [1.29, 1.82) is 0 Å². The molecule has 426 valence electrons. The minimum absolute atomic E-state index is 0.131. The highest BCUT2D eigenvalue weighted by atomic mass is 16.5. The number of hydrogen-bond donors (Lipinski definition) is 0. The van der Waals surface area contributed by atoms with Gasteiger partial charge in [-0.05, 0) is 150 Å². The highest BCUT2D eigenvalue weighted by molar-refractivity contribution is 7.00. The van der Waals surface area contributed by atoms with Crippen molar-refractivity contribution in [3.05, 3.63) is 253 Å². The zero-order valence-electron chi connectivity index (χ0n) is 52.3. The summed E-state index contributed by atoms with van der Waals surface area (Å²) in [5, 5.41) is 2.47. The van der Waals surface area contributed by atoms with Gasteiger partial charge in [-0.1, -0.05) is 235 Å². The molecular formula is C82H74BN3O. The van der Waals surface area contributed by atoms with Crippen LogP contribution in [0.1, 0.15) is 105 Å². The van der Waals surface area contributed by atoms with Crippen molar-refractivity contribution < 1.29 is 4.74 Å². The average Bonchev–Trinajstić information content (AvgIpc) is 1.34. The Labute approximate surface area is 514 Å². The van der Waals surface area contributed by atoms with Crippen LogP contribution in [0.5, 0.6) is 11.5 Å². The minimum Gasteiger partial charge on any atom is -0.456 e. The van der Waals surface area contributed by atoms with E-state index in [9.17, 15) is 0 Å². The van der Waals surface area contributed by atoms with E-state index < -0.39 is 0 Å². The Bertz CT molecular complexity index is 4660. The van der Waals surface area contributed by atoms with Crippen LogP contribution in [0.4, 0.5) is 34.1 Å². The first-order chi connectivity index (χ1) is 41.7. The number of nitrogens with zero attached hydrogens (tertiary/aromatic N) is 3. The summed E-state index contributed by atoms with van der Waals surface area (Å²) in [6.07, 6.45) is 0. The molecule has 0 saturated heterocycles. The van der Waals surface area contributed by atoms with Gasteiger partial charge in [-0.3, -0.25) is 0 Å². The maximum absolute atomic E-state index is 7.35. The number of para-hydroxylation sites is 4. The molecule has 87 heavy (non-hydrogen) atoms. The van der Waals surface area contributed by atoms with Crippen LogP contribution in [0.2, 0.25) is 0 Å². The number of fused-ring (bicyclic) bond motifs is 13. The van der Waals surface area contributed by atoms with Gasteiger partial charge in [-0.2, -0.15) is 0 Å². The lowest BCUT2D eigenvalue weighted by molar-refractivity contribution is 0.486. The molecule has 12 aromatic rings. The molecule has 11 aromatic carbocycles. The molecule has 3 aliphatic heterocycles. The Kier molecular flexibility index (Phi) is 12.2. The summed E-state index contributed by atoms with van der Waals surface area (Å²) >= 11 is 0. The number of anilines is 6. The maximum Gasteiger partial charge on any atom is 0.252 e. The van der Waals surface area contributed by atoms with Crippen LogP contribution in [-0.2, 0) is 21.7 Å². The molecule has 0 N–H and O–H groups in total. The van der Waals surface area contributed by atoms with Crippen molar-refractivity contribution in [2.45, 2.75) is 105 Å². The molecule has 0 bridgehead atoms. The molecule has 0 unspecified atom stereocenters. The summed E-state index contributed by atoms with van der Waals surface area (Å²) in [6.45, 7) is 28.1. The molecule has 5 heteroatoms. The van der Waals surface area contributed by atoms with E-state index in [2.05, 4.69) is 328 Å². The summed E-state index contributed by atoms with van der Waals surface area (Å²) < 4.78 is 9.85. The lowest BCUT2D eigenvalue weighted by atomic mass is 9.33. The first-order valence-corrected chi connectivity index (χ1v) is 31.1. The fourth-order valence-electron chi connectivity index (χ4n) is 14.1. The van der Waals surface area contributed by atoms with Gasteiger partial charge in [-0.25, -0.2) is 0 Å². The van der Waals surface area contributed by atoms with Crippen molar-refractivity contribution in [1.82, 2.24) is 4.57 Å². The number of benzene rings is 11. The Morgan fingerprint density at radius 1 is 0.310 bits per heavy atom. The van der Waals surface area contributed by atoms with Crippen molar-refractivity contribution in [3.63, 3.8) is 0 Å². The van der Waals surface area contributed by atoms with E-state index in [1.165, 1.54) is 99.8 Å². The SMILES string of the molecule is CC(C)(C)c1ccc2c(c1)-c1ccccc1Oc1ccccc1-c1cc(C(C)(C)C)cc3c1N2c1cc(C(C)(C)C)cc2c1B3c1ccc(-n3c4ccccc4c4ccccc43)cc1N2c1c(-c2ccccc2)cc(C(C)(C)C)cc1-c1ccccc1. The number of rotatable bonds is 4. The van der Waals surface area contributed by atoms with E-state index in [4.69, 9.17) is 4.74 Å². The zero-order chi connectivity index (χ0) is 60.1. The van der Waals surface area contributed by atoms with Crippen LogP contribution >= 0.6 is 0 Å². The molecule has 0 aliphatic carbocycles. The van der Waals surface area contributed by atoms with Gasteiger partial charge in [0.2, 0.25) is 0 Å². The fraction of sp³-hybridized carbons (Fsp3) is 0.195. The van der Waals surface area contributed by atoms with Crippen LogP contribution in [-0.4, -0.2) is 11.3 Å². The fourth-order valence-corrected chi connectivity index (χ4v) is 14.1. The molecule has 4 nitrogen and oxygen atoms in total. The Morgan fingerprint density at radius 2 is 0.759 bits per heavy atom. The van der Waals surface area contributed by atoms with Gasteiger partial charge in [0, 0.05) is 72.6 Å². The summed E-state index contributed by atoms with van der Waals surface area (Å²) in [4.78, 5) is 5.41. The predicted octanol–water partition coefficient (Wildman–Crippen LogP) is 20.8. The van der Waals surface area contributed by atoms with Crippen molar-refractivity contribution in [3.8, 4) is 61.7 Å². The zero-order valence-corrected chi connectivity index (χ0v) is 52.3. The van der Waals surface area contributed by atoms with E-state index >= 15 is 0 Å². The molecule has 0 spiro atoms. The lowest BCUT2D eigenvalue weighted by Crippen LogP contribution is -2.62. The van der Waals surface area contributed by atoms with Gasteiger partial charge in [-0.15, -0.1) is 0 Å². The standard InChI is InChI=1S/C82H74BN3O/c1-79(2,3)53-39-42-70-64(43-53)60-33-21-25-37-74(60)87-75-38-26-22-34-61(75)65-46-55(81(7,8)9)47-67-78(65)85(70)72-48-56(82(10,11)12)49-73-76(72)83(67)66-41-40-57(84-68-35-23-19-31-58(68)59-32-20-24-36-69(59)84)50-71(66)86(73)77-62(51-27-15-13-16-28-51)44-54(80(4,5)6)45-63(77)52-29-17-14-18-30-52/h13-50H,1-12H3. The van der Waals surface area contributed by atoms with Gasteiger partial charge >= 0.3 is 0 Å². The predicted molar refractivity (Wildman–Crippen MR) is 371 cm³/mol. The van der Waals surface area contributed by atoms with Crippen molar-refractivity contribution in [2.24, 2.45) is 0 Å². The van der Waals surface area contributed by atoms with E-state index in [1.54, 1.807) is 0 Å². The second-order valence-electron chi connectivity index (χ2n) is 28.6. The molecule has 0 fully saturated rings. The first kappa shape index (κ1) is 54.3. The third kappa shape index (κ3) is 8.78. The lowest BCUT2D eigenvalue weighted by Gasteiger charge is -2.47. The highest BCUT2D eigenvalue weighted by Crippen LogP contribution is 2.57. The molecule has 0 amide bonds. The van der Waals surface area contributed by atoms with Crippen LogP contribution in [0.3, 0.4) is 0 Å². The van der Waals surface area contributed by atoms with Crippen LogP contribution < -0.4 is 30.9 Å². The third-order valence-corrected chi connectivity index (χ3v) is 18.8. The number of ether oxygens (including phenoxy) is 1.